The van der Waals surface area contributed by atoms with Gasteiger partial charge in [-0.1, -0.05) is 11.6 Å². The fourth-order valence-corrected chi connectivity index (χ4v) is 1.24. The summed E-state index contributed by atoms with van der Waals surface area (Å²) in [6.07, 6.45) is 1.48. The number of nitrogens with two attached hydrogens (primary N) is 1. The molecule has 0 aliphatic carbocycles. The van der Waals surface area contributed by atoms with Crippen LogP contribution in [-0.2, 0) is 4.74 Å². The lowest BCUT2D eigenvalue weighted by Gasteiger charge is -2.03. The Balaban J connectivity index is 3.06. The van der Waals surface area contributed by atoms with Crippen LogP contribution in [0, 0.1) is 6.92 Å². The standard InChI is InChI=1S/C8H11ClN2O2/c1-3-13-8(12)7-5(2)6(9)4-11(7)10/h4H,3,10H2,1-2H3. The lowest BCUT2D eigenvalue weighted by Crippen LogP contribution is -2.18. The van der Waals surface area contributed by atoms with E-state index in [0.717, 1.165) is 0 Å². The van der Waals surface area contributed by atoms with Gasteiger partial charge in [-0.25, -0.2) is 4.79 Å². The molecule has 0 atom stereocenters. The third kappa shape index (κ3) is 1.78. The third-order valence-electron chi connectivity index (χ3n) is 1.69. The first-order valence-corrected chi connectivity index (χ1v) is 4.25. The number of nitrogen functional groups attached to an aromatic ring is 1. The van der Waals surface area contributed by atoms with Crippen LogP contribution in [0.25, 0.3) is 0 Å². The van der Waals surface area contributed by atoms with Crippen LogP contribution in [0.1, 0.15) is 23.0 Å². The molecule has 0 saturated heterocycles. The summed E-state index contributed by atoms with van der Waals surface area (Å²) in [7, 11) is 0. The van der Waals surface area contributed by atoms with E-state index in [1.807, 2.05) is 0 Å². The fourth-order valence-electron chi connectivity index (χ4n) is 1.05. The molecule has 1 aromatic heterocycles. The van der Waals surface area contributed by atoms with Crippen molar-refractivity contribution in [2.75, 3.05) is 12.4 Å². The zero-order chi connectivity index (χ0) is 10.0. The summed E-state index contributed by atoms with van der Waals surface area (Å²) in [6, 6.07) is 0. The summed E-state index contributed by atoms with van der Waals surface area (Å²) in [6.45, 7) is 3.78. The van der Waals surface area contributed by atoms with Crippen LogP contribution < -0.4 is 5.84 Å². The Morgan fingerprint density at radius 2 is 2.38 bits per heavy atom. The largest absolute Gasteiger partial charge is 0.461 e. The van der Waals surface area contributed by atoms with Gasteiger partial charge < -0.3 is 10.6 Å². The molecule has 5 heteroatoms. The summed E-state index contributed by atoms with van der Waals surface area (Å²) < 4.78 is 5.98. The maximum Gasteiger partial charge on any atom is 0.357 e. The average molecular weight is 203 g/mol. The summed E-state index contributed by atoms with van der Waals surface area (Å²) in [5.74, 6) is 5.06. The van der Waals surface area contributed by atoms with Gasteiger partial charge in [0, 0.05) is 11.8 Å². The minimum Gasteiger partial charge on any atom is -0.461 e. The Hall–Kier alpha value is -1.16. The predicted molar refractivity (Wildman–Crippen MR) is 50.3 cm³/mol. The molecule has 13 heavy (non-hydrogen) atoms. The van der Waals surface area contributed by atoms with Gasteiger partial charge in [-0.15, -0.1) is 0 Å². The molecule has 0 radical (unpaired) electrons. The molecule has 0 saturated carbocycles. The van der Waals surface area contributed by atoms with Crippen LogP contribution in [0.15, 0.2) is 6.20 Å². The summed E-state index contributed by atoms with van der Waals surface area (Å²) >= 11 is 5.77. The highest BCUT2D eigenvalue weighted by Crippen LogP contribution is 2.20. The second kappa shape index (κ2) is 3.70. The number of aromatic nitrogens is 1. The molecule has 0 unspecified atom stereocenters. The fraction of sp³-hybridized carbons (Fsp3) is 0.375. The molecule has 4 nitrogen and oxygen atoms in total. The van der Waals surface area contributed by atoms with E-state index < -0.39 is 5.97 Å². The van der Waals surface area contributed by atoms with Crippen molar-refractivity contribution in [3.63, 3.8) is 0 Å². The summed E-state index contributed by atoms with van der Waals surface area (Å²) in [4.78, 5) is 11.3. The van der Waals surface area contributed by atoms with E-state index in [1.54, 1.807) is 13.8 Å². The zero-order valence-electron chi connectivity index (χ0n) is 7.50. The Morgan fingerprint density at radius 1 is 1.77 bits per heavy atom. The number of ether oxygens (including phenoxy) is 1. The van der Waals surface area contributed by atoms with Gasteiger partial charge >= 0.3 is 5.97 Å². The summed E-state index contributed by atoms with van der Waals surface area (Å²) in [5.41, 5.74) is 0.939. The number of hydrogen-bond acceptors (Lipinski definition) is 3. The molecule has 72 valence electrons. The van der Waals surface area contributed by atoms with Crippen molar-refractivity contribution in [1.82, 2.24) is 4.68 Å². The van der Waals surface area contributed by atoms with Crippen LogP contribution in [0.5, 0.6) is 0 Å². The Kier molecular flexibility index (Phi) is 2.83. The first-order valence-electron chi connectivity index (χ1n) is 3.87. The Bertz CT molecular complexity index is 333. The van der Waals surface area contributed by atoms with Crippen LogP contribution in [0.3, 0.4) is 0 Å². The molecular weight excluding hydrogens is 192 g/mol. The van der Waals surface area contributed by atoms with E-state index in [4.69, 9.17) is 22.2 Å². The third-order valence-corrected chi connectivity index (χ3v) is 2.07. The van der Waals surface area contributed by atoms with E-state index in [1.165, 1.54) is 10.9 Å². The molecule has 0 aromatic carbocycles. The second-order valence-electron chi connectivity index (χ2n) is 2.58. The monoisotopic (exact) mass is 202 g/mol. The number of halogens is 1. The molecule has 0 bridgehead atoms. The highest BCUT2D eigenvalue weighted by Gasteiger charge is 2.17. The Labute approximate surface area is 81.2 Å². The quantitative estimate of drug-likeness (QED) is 0.582. The topological polar surface area (TPSA) is 57.2 Å². The van der Waals surface area contributed by atoms with Gasteiger partial charge in [0.25, 0.3) is 0 Å². The lowest BCUT2D eigenvalue weighted by atomic mass is 10.3. The molecule has 1 rings (SSSR count). The normalized spacial score (nSPS) is 10.1. The zero-order valence-corrected chi connectivity index (χ0v) is 8.26. The van der Waals surface area contributed by atoms with Gasteiger partial charge in [-0.3, -0.25) is 4.68 Å². The van der Waals surface area contributed by atoms with Crippen LogP contribution in [0.2, 0.25) is 5.02 Å². The van der Waals surface area contributed by atoms with Crippen LogP contribution in [-0.4, -0.2) is 17.3 Å². The number of nitrogens with zero attached hydrogens (tertiary/aromatic N) is 1. The minimum absolute atomic E-state index is 0.298. The summed E-state index contributed by atoms with van der Waals surface area (Å²) in [5, 5.41) is 0.463. The van der Waals surface area contributed by atoms with E-state index in [2.05, 4.69) is 0 Å². The molecule has 0 fully saturated rings. The van der Waals surface area contributed by atoms with Crippen molar-refractivity contribution in [3.8, 4) is 0 Å². The van der Waals surface area contributed by atoms with Crippen molar-refractivity contribution < 1.29 is 9.53 Å². The van der Waals surface area contributed by atoms with Gasteiger partial charge in [-0.2, -0.15) is 0 Å². The van der Waals surface area contributed by atoms with Gasteiger partial charge in [-0.05, 0) is 13.8 Å². The Morgan fingerprint density at radius 3 is 2.77 bits per heavy atom. The van der Waals surface area contributed by atoms with Crippen LogP contribution in [0.4, 0.5) is 0 Å². The lowest BCUT2D eigenvalue weighted by molar-refractivity contribution is 0.0515. The van der Waals surface area contributed by atoms with Crippen LogP contribution >= 0.6 is 11.6 Å². The van der Waals surface area contributed by atoms with E-state index in [0.29, 0.717) is 22.9 Å². The SMILES string of the molecule is CCOC(=O)c1c(C)c(Cl)cn1N. The number of carbonyl (C=O) groups excluding carboxylic acids is 1. The molecule has 0 spiro atoms. The molecular formula is C8H11ClN2O2. The van der Waals surface area contributed by atoms with Crippen molar-refractivity contribution in [3.05, 3.63) is 22.5 Å². The second-order valence-corrected chi connectivity index (χ2v) is 2.99. The average Bonchev–Trinajstić information content (AvgIpc) is 2.27. The van der Waals surface area contributed by atoms with E-state index >= 15 is 0 Å². The number of carbonyl (C=O) groups is 1. The smallest absolute Gasteiger partial charge is 0.357 e. The van der Waals surface area contributed by atoms with Gasteiger partial charge in [0.15, 0.2) is 5.69 Å². The highest BCUT2D eigenvalue weighted by atomic mass is 35.5. The highest BCUT2D eigenvalue weighted by molar-refractivity contribution is 6.31. The van der Waals surface area contributed by atoms with Gasteiger partial charge in [0.05, 0.1) is 11.6 Å². The number of esters is 1. The molecule has 1 aromatic rings. The molecule has 0 aliphatic heterocycles. The molecule has 1 heterocycles. The van der Waals surface area contributed by atoms with Crippen molar-refractivity contribution in [2.45, 2.75) is 13.8 Å². The maximum atomic E-state index is 11.3. The first kappa shape index (κ1) is 9.92. The van der Waals surface area contributed by atoms with Gasteiger partial charge in [0.2, 0.25) is 0 Å². The molecule has 0 aliphatic rings. The first-order chi connectivity index (χ1) is 6.07. The maximum absolute atomic E-state index is 11.3. The van der Waals surface area contributed by atoms with Crippen molar-refractivity contribution in [1.29, 1.82) is 0 Å². The predicted octanol–water partition coefficient (Wildman–Crippen LogP) is 1.34. The number of hydrogen-bond donors (Lipinski definition) is 1. The van der Waals surface area contributed by atoms with E-state index in [-0.39, 0.29) is 0 Å². The number of rotatable bonds is 2. The van der Waals surface area contributed by atoms with E-state index in [9.17, 15) is 4.79 Å². The minimum atomic E-state index is -0.450. The molecule has 0 amide bonds. The van der Waals surface area contributed by atoms with Crippen molar-refractivity contribution in [2.24, 2.45) is 0 Å². The molecule has 2 N–H and O–H groups in total. The van der Waals surface area contributed by atoms with Crippen molar-refractivity contribution >= 4 is 17.6 Å². The van der Waals surface area contributed by atoms with Gasteiger partial charge in [0.1, 0.15) is 0 Å².